The Morgan fingerprint density at radius 1 is 1.09 bits per heavy atom. The van der Waals surface area contributed by atoms with Crippen LogP contribution < -0.4 is 10.8 Å². The quantitative estimate of drug-likeness (QED) is 0.301. The van der Waals surface area contributed by atoms with E-state index in [0.717, 1.165) is 5.56 Å². The summed E-state index contributed by atoms with van der Waals surface area (Å²) in [6.45, 7) is 6.99. The number of anilines is 1. The number of halogens is 3. The molecule has 0 radical (unpaired) electrons. The standard InChI is InChI=1S/C24H22Cl2FN4OP/c1-13(16-7-5-6-8-17(16)25)30-24-21(26)14(2)29-19-11-18(27)22(31-23(19)24)15-9-10-20(28-12-15)33(3,4)32/h5-13H,1-4H3,(H,29,30). The molecule has 1 N–H and O–H groups in total. The lowest BCUT2D eigenvalue weighted by molar-refractivity contribution is 0.588. The summed E-state index contributed by atoms with van der Waals surface area (Å²) in [4.78, 5) is 13.3. The van der Waals surface area contributed by atoms with Gasteiger partial charge in [0.05, 0.1) is 33.4 Å². The molecular formula is C24H22Cl2FN4OP. The number of aromatic nitrogens is 3. The molecule has 0 aliphatic rings. The van der Waals surface area contributed by atoms with Crippen molar-refractivity contribution in [2.75, 3.05) is 18.6 Å². The zero-order valence-electron chi connectivity index (χ0n) is 18.5. The fourth-order valence-corrected chi connectivity index (χ4v) is 4.82. The van der Waals surface area contributed by atoms with Crippen LogP contribution in [-0.4, -0.2) is 28.3 Å². The Morgan fingerprint density at radius 3 is 2.45 bits per heavy atom. The first-order chi connectivity index (χ1) is 15.6. The lowest BCUT2D eigenvalue weighted by Crippen LogP contribution is -2.10. The SMILES string of the molecule is Cc1nc2cc(F)c(-c3ccc(P(C)(C)=O)nc3)nc2c(NC(C)c2ccccc2Cl)c1Cl. The minimum absolute atomic E-state index is 0.110. The second kappa shape index (κ2) is 9.02. The second-order valence-electron chi connectivity index (χ2n) is 8.22. The molecule has 33 heavy (non-hydrogen) atoms. The minimum atomic E-state index is -2.52. The lowest BCUT2D eigenvalue weighted by Gasteiger charge is -2.20. The molecule has 3 aromatic heterocycles. The summed E-state index contributed by atoms with van der Waals surface area (Å²) in [5.74, 6) is -0.535. The van der Waals surface area contributed by atoms with E-state index in [1.54, 1.807) is 32.4 Å². The zero-order valence-corrected chi connectivity index (χ0v) is 20.9. The van der Waals surface area contributed by atoms with Crippen LogP contribution in [0.25, 0.3) is 22.3 Å². The maximum absolute atomic E-state index is 15.0. The summed E-state index contributed by atoms with van der Waals surface area (Å²) in [5, 5.41) is 4.41. The minimum Gasteiger partial charge on any atom is -0.375 e. The maximum atomic E-state index is 15.0. The van der Waals surface area contributed by atoms with E-state index in [0.29, 0.717) is 43.5 Å². The Balaban J connectivity index is 1.84. The van der Waals surface area contributed by atoms with Gasteiger partial charge in [-0.2, -0.15) is 0 Å². The number of hydrogen-bond donors (Lipinski definition) is 1. The van der Waals surface area contributed by atoms with E-state index in [1.165, 1.54) is 12.3 Å². The van der Waals surface area contributed by atoms with Gasteiger partial charge in [0, 0.05) is 22.8 Å². The molecule has 5 nitrogen and oxygen atoms in total. The molecular weight excluding hydrogens is 481 g/mol. The third-order valence-electron chi connectivity index (χ3n) is 5.32. The van der Waals surface area contributed by atoms with E-state index < -0.39 is 13.0 Å². The van der Waals surface area contributed by atoms with Gasteiger partial charge in [0.25, 0.3) is 0 Å². The highest BCUT2D eigenvalue weighted by Crippen LogP contribution is 2.37. The molecule has 0 saturated heterocycles. The van der Waals surface area contributed by atoms with Crippen LogP contribution in [0.4, 0.5) is 10.1 Å². The molecule has 3 heterocycles. The van der Waals surface area contributed by atoms with E-state index in [2.05, 4.69) is 20.3 Å². The molecule has 1 atom stereocenters. The van der Waals surface area contributed by atoms with Crippen molar-refractivity contribution in [3.05, 3.63) is 75.8 Å². The molecule has 0 aliphatic heterocycles. The van der Waals surface area contributed by atoms with Crippen LogP contribution in [0.5, 0.6) is 0 Å². The lowest BCUT2D eigenvalue weighted by atomic mass is 10.1. The van der Waals surface area contributed by atoms with Crippen molar-refractivity contribution in [1.29, 1.82) is 0 Å². The van der Waals surface area contributed by atoms with Crippen molar-refractivity contribution < 1.29 is 8.96 Å². The number of nitrogens with one attached hydrogen (secondary N) is 1. The third-order valence-corrected chi connectivity index (χ3v) is 7.50. The van der Waals surface area contributed by atoms with E-state index in [-0.39, 0.29) is 11.7 Å². The van der Waals surface area contributed by atoms with Crippen LogP contribution in [0.3, 0.4) is 0 Å². The average molecular weight is 503 g/mol. The van der Waals surface area contributed by atoms with Crippen molar-refractivity contribution in [2.24, 2.45) is 0 Å². The number of benzene rings is 1. The monoisotopic (exact) mass is 502 g/mol. The summed E-state index contributed by atoms with van der Waals surface area (Å²) < 4.78 is 27.3. The largest absolute Gasteiger partial charge is 0.375 e. The normalized spacial score (nSPS) is 12.7. The topological polar surface area (TPSA) is 67.8 Å². The molecule has 0 bridgehead atoms. The van der Waals surface area contributed by atoms with Crippen LogP contribution in [0.2, 0.25) is 10.0 Å². The molecule has 170 valence electrons. The number of hydrogen-bond acceptors (Lipinski definition) is 5. The predicted octanol–water partition coefficient (Wildman–Crippen LogP) is 6.87. The highest BCUT2D eigenvalue weighted by atomic mass is 35.5. The fourth-order valence-electron chi connectivity index (χ4n) is 3.56. The van der Waals surface area contributed by atoms with Crippen LogP contribution in [0.15, 0.2) is 48.7 Å². The molecule has 0 fully saturated rings. The first-order valence-electron chi connectivity index (χ1n) is 10.3. The number of pyridine rings is 3. The predicted molar refractivity (Wildman–Crippen MR) is 135 cm³/mol. The molecule has 0 aliphatic carbocycles. The number of fused-ring (bicyclic) bond motifs is 1. The van der Waals surface area contributed by atoms with Crippen LogP contribution >= 0.6 is 30.3 Å². The van der Waals surface area contributed by atoms with Crippen molar-refractivity contribution in [3.8, 4) is 11.3 Å². The van der Waals surface area contributed by atoms with Crippen LogP contribution in [0.1, 0.15) is 24.2 Å². The molecule has 4 rings (SSSR count). The molecule has 0 spiro atoms. The smallest absolute Gasteiger partial charge is 0.151 e. The summed E-state index contributed by atoms with van der Waals surface area (Å²) >= 11 is 13.0. The Labute approximate surface area is 201 Å². The number of rotatable bonds is 5. The first-order valence-corrected chi connectivity index (χ1v) is 13.6. The van der Waals surface area contributed by atoms with Gasteiger partial charge in [0.15, 0.2) is 5.82 Å². The van der Waals surface area contributed by atoms with E-state index in [9.17, 15) is 4.57 Å². The van der Waals surface area contributed by atoms with Crippen LogP contribution in [0, 0.1) is 12.7 Å². The third kappa shape index (κ3) is 4.74. The van der Waals surface area contributed by atoms with Crippen LogP contribution in [-0.2, 0) is 4.57 Å². The van der Waals surface area contributed by atoms with E-state index >= 15 is 4.39 Å². The molecule has 1 aromatic carbocycles. The second-order valence-corrected chi connectivity index (χ2v) is 12.2. The van der Waals surface area contributed by atoms with Gasteiger partial charge in [0.2, 0.25) is 0 Å². The summed E-state index contributed by atoms with van der Waals surface area (Å²) in [6, 6.07) is 12.0. The van der Waals surface area contributed by atoms with Gasteiger partial charge >= 0.3 is 0 Å². The number of nitrogens with zero attached hydrogens (tertiary/aromatic N) is 3. The van der Waals surface area contributed by atoms with Gasteiger partial charge in [-0.25, -0.2) is 14.4 Å². The first kappa shape index (κ1) is 23.6. The van der Waals surface area contributed by atoms with Crippen molar-refractivity contribution in [1.82, 2.24) is 15.0 Å². The van der Waals surface area contributed by atoms with E-state index in [1.807, 2.05) is 31.2 Å². The van der Waals surface area contributed by atoms with Gasteiger partial charge in [-0.1, -0.05) is 41.4 Å². The molecule has 4 aromatic rings. The van der Waals surface area contributed by atoms with Gasteiger partial charge < -0.3 is 9.88 Å². The molecule has 0 amide bonds. The average Bonchev–Trinajstić information content (AvgIpc) is 2.76. The van der Waals surface area contributed by atoms with Crippen molar-refractivity contribution in [2.45, 2.75) is 19.9 Å². The zero-order chi connectivity index (χ0) is 23.9. The summed E-state index contributed by atoms with van der Waals surface area (Å²) in [7, 11) is -2.52. The molecule has 9 heteroatoms. The summed E-state index contributed by atoms with van der Waals surface area (Å²) in [6.07, 6.45) is 1.48. The Bertz CT molecular complexity index is 1410. The van der Waals surface area contributed by atoms with Crippen molar-refractivity contribution >= 4 is 52.5 Å². The Hall–Kier alpha value is -2.53. The van der Waals surface area contributed by atoms with E-state index in [4.69, 9.17) is 23.2 Å². The number of aryl methyl sites for hydroxylation is 1. The Kier molecular flexibility index (Phi) is 6.45. The maximum Gasteiger partial charge on any atom is 0.151 e. The molecule has 0 saturated carbocycles. The van der Waals surface area contributed by atoms with Gasteiger partial charge in [-0.05, 0) is 50.9 Å². The fraction of sp³-hybridized carbons (Fsp3) is 0.208. The highest BCUT2D eigenvalue weighted by Gasteiger charge is 2.20. The van der Waals surface area contributed by atoms with Gasteiger partial charge in [0.1, 0.15) is 18.4 Å². The van der Waals surface area contributed by atoms with Crippen molar-refractivity contribution in [3.63, 3.8) is 0 Å². The molecule has 1 unspecified atom stereocenters. The van der Waals surface area contributed by atoms with Gasteiger partial charge in [-0.15, -0.1) is 0 Å². The Morgan fingerprint density at radius 2 is 1.82 bits per heavy atom. The summed E-state index contributed by atoms with van der Waals surface area (Å²) in [5.41, 5.74) is 3.85. The van der Waals surface area contributed by atoms with Gasteiger partial charge in [-0.3, -0.25) is 4.98 Å². The highest BCUT2D eigenvalue weighted by molar-refractivity contribution is 7.69.